The fraction of sp³-hybridized carbons (Fsp3) is 0.350. The molecule has 1 aliphatic heterocycles. The Hall–Kier alpha value is -2.74. The molecule has 0 spiro atoms. The Labute approximate surface area is 161 Å². The van der Waals surface area contributed by atoms with Crippen molar-refractivity contribution in [2.45, 2.75) is 12.7 Å². The number of benzene rings is 2. The zero-order valence-corrected chi connectivity index (χ0v) is 15.4. The summed E-state index contributed by atoms with van der Waals surface area (Å²) < 4.78 is 49.6. The van der Waals surface area contributed by atoms with Crippen LogP contribution in [0.4, 0.5) is 24.5 Å². The number of hydrogen-bond donors (Lipinski definition) is 1. The average Bonchev–Trinajstić information content (AvgIpc) is 2.71. The first-order valence-electron chi connectivity index (χ1n) is 8.84. The summed E-state index contributed by atoms with van der Waals surface area (Å²) in [6.45, 7) is 2.41. The van der Waals surface area contributed by atoms with Crippen LogP contribution in [0.25, 0.3) is 0 Å². The number of carbonyl (C=O) groups excluding carboxylic acids is 1. The molecule has 1 aliphatic rings. The molecule has 28 heavy (non-hydrogen) atoms. The average molecular weight is 394 g/mol. The van der Waals surface area contributed by atoms with Gasteiger partial charge in [0.05, 0.1) is 37.1 Å². The van der Waals surface area contributed by atoms with Crippen LogP contribution < -0.4 is 10.2 Å². The SMILES string of the molecule is COC(=O)c1cc(NCc2ccccc2C(F)(F)F)ccc1N1CCOCC1. The van der Waals surface area contributed by atoms with Crippen LogP contribution in [0, 0.1) is 0 Å². The van der Waals surface area contributed by atoms with E-state index in [0.717, 1.165) is 11.8 Å². The van der Waals surface area contributed by atoms with E-state index in [2.05, 4.69) is 5.32 Å². The van der Waals surface area contributed by atoms with Crippen LogP contribution in [0.3, 0.4) is 0 Å². The Morgan fingerprint density at radius 1 is 1.18 bits per heavy atom. The topological polar surface area (TPSA) is 50.8 Å². The molecule has 0 bridgehead atoms. The molecule has 0 radical (unpaired) electrons. The Kier molecular flexibility index (Phi) is 6.08. The maximum atomic E-state index is 13.1. The van der Waals surface area contributed by atoms with E-state index in [1.54, 1.807) is 24.3 Å². The zero-order valence-electron chi connectivity index (χ0n) is 15.4. The van der Waals surface area contributed by atoms with Gasteiger partial charge in [-0.15, -0.1) is 0 Å². The van der Waals surface area contributed by atoms with E-state index in [0.29, 0.717) is 37.6 Å². The van der Waals surface area contributed by atoms with E-state index >= 15 is 0 Å². The number of alkyl halides is 3. The lowest BCUT2D eigenvalue weighted by molar-refractivity contribution is -0.138. The lowest BCUT2D eigenvalue weighted by Gasteiger charge is -2.30. The van der Waals surface area contributed by atoms with Crippen LogP contribution in [0.5, 0.6) is 0 Å². The number of ether oxygens (including phenoxy) is 2. The summed E-state index contributed by atoms with van der Waals surface area (Å²) in [5.41, 5.74) is 1.07. The van der Waals surface area contributed by atoms with Crippen LogP contribution in [-0.4, -0.2) is 39.4 Å². The molecular weight excluding hydrogens is 373 g/mol. The van der Waals surface area contributed by atoms with E-state index in [1.165, 1.54) is 19.2 Å². The number of nitrogens with one attached hydrogen (secondary N) is 1. The molecule has 0 unspecified atom stereocenters. The molecule has 1 N–H and O–H groups in total. The molecule has 5 nitrogen and oxygen atoms in total. The fourth-order valence-electron chi connectivity index (χ4n) is 3.15. The minimum absolute atomic E-state index is 0.0206. The highest BCUT2D eigenvalue weighted by atomic mass is 19.4. The molecule has 1 heterocycles. The first-order chi connectivity index (χ1) is 13.4. The van der Waals surface area contributed by atoms with Gasteiger partial charge in [0.25, 0.3) is 0 Å². The highest BCUT2D eigenvalue weighted by molar-refractivity contribution is 5.97. The molecule has 2 aromatic carbocycles. The van der Waals surface area contributed by atoms with Gasteiger partial charge in [0.2, 0.25) is 0 Å². The summed E-state index contributed by atoms with van der Waals surface area (Å²) in [7, 11) is 1.30. The second kappa shape index (κ2) is 8.52. The standard InChI is InChI=1S/C20H21F3N2O3/c1-27-19(26)16-12-15(6-7-18(16)25-8-10-28-11-9-25)24-13-14-4-2-3-5-17(14)20(21,22)23/h2-7,12,24H,8-11,13H2,1H3. The predicted molar refractivity (Wildman–Crippen MR) is 99.6 cm³/mol. The van der Waals surface area contributed by atoms with Crippen molar-refractivity contribution in [2.75, 3.05) is 43.6 Å². The van der Waals surface area contributed by atoms with Crippen molar-refractivity contribution in [1.29, 1.82) is 0 Å². The van der Waals surface area contributed by atoms with Gasteiger partial charge in [-0.25, -0.2) is 4.79 Å². The number of morpholine rings is 1. The van der Waals surface area contributed by atoms with E-state index < -0.39 is 17.7 Å². The minimum Gasteiger partial charge on any atom is -0.465 e. The van der Waals surface area contributed by atoms with Crippen molar-refractivity contribution in [2.24, 2.45) is 0 Å². The van der Waals surface area contributed by atoms with Gasteiger partial charge in [-0.3, -0.25) is 0 Å². The third-order valence-electron chi connectivity index (χ3n) is 4.56. The van der Waals surface area contributed by atoms with Gasteiger partial charge in [0.1, 0.15) is 0 Å². The van der Waals surface area contributed by atoms with E-state index in [4.69, 9.17) is 9.47 Å². The van der Waals surface area contributed by atoms with Gasteiger partial charge < -0.3 is 19.7 Å². The number of rotatable bonds is 5. The molecule has 0 atom stereocenters. The van der Waals surface area contributed by atoms with E-state index in [-0.39, 0.29) is 12.1 Å². The Balaban J connectivity index is 1.83. The Bertz CT molecular complexity index is 834. The van der Waals surface area contributed by atoms with Crippen LogP contribution in [-0.2, 0) is 22.2 Å². The Morgan fingerprint density at radius 2 is 1.89 bits per heavy atom. The maximum absolute atomic E-state index is 13.1. The normalized spacial score (nSPS) is 14.6. The summed E-state index contributed by atoms with van der Waals surface area (Å²) in [5.74, 6) is -0.499. The molecule has 0 aromatic heterocycles. The molecule has 1 fully saturated rings. The smallest absolute Gasteiger partial charge is 0.416 e. The fourth-order valence-corrected chi connectivity index (χ4v) is 3.15. The number of hydrogen-bond acceptors (Lipinski definition) is 5. The first kappa shape index (κ1) is 20.0. The summed E-state index contributed by atoms with van der Waals surface area (Å²) in [4.78, 5) is 14.3. The van der Waals surface area contributed by atoms with Crippen molar-refractivity contribution in [3.63, 3.8) is 0 Å². The first-order valence-corrected chi connectivity index (χ1v) is 8.84. The van der Waals surface area contributed by atoms with Crippen LogP contribution in [0.2, 0.25) is 0 Å². The molecule has 1 saturated heterocycles. The molecule has 0 saturated carbocycles. The van der Waals surface area contributed by atoms with Gasteiger partial charge in [0, 0.05) is 25.3 Å². The third kappa shape index (κ3) is 4.56. The van der Waals surface area contributed by atoms with Gasteiger partial charge in [-0.05, 0) is 29.8 Å². The summed E-state index contributed by atoms with van der Waals surface area (Å²) in [6, 6.07) is 10.5. The predicted octanol–water partition coefficient (Wildman–Crippen LogP) is 3.94. The highest BCUT2D eigenvalue weighted by Crippen LogP contribution is 2.32. The molecule has 150 valence electrons. The summed E-state index contributed by atoms with van der Waals surface area (Å²) in [6.07, 6.45) is -4.42. The number of methoxy groups -OCH3 is 1. The number of anilines is 2. The summed E-state index contributed by atoms with van der Waals surface area (Å²) >= 11 is 0. The second-order valence-corrected chi connectivity index (χ2v) is 6.33. The minimum atomic E-state index is -4.42. The molecular formula is C20H21F3N2O3. The van der Waals surface area contributed by atoms with Crippen molar-refractivity contribution in [3.8, 4) is 0 Å². The van der Waals surface area contributed by atoms with Crippen LogP contribution in [0.1, 0.15) is 21.5 Å². The zero-order chi connectivity index (χ0) is 20.1. The number of halogens is 3. The number of nitrogens with zero attached hydrogens (tertiary/aromatic N) is 1. The van der Waals surface area contributed by atoms with Crippen molar-refractivity contribution in [3.05, 3.63) is 59.2 Å². The van der Waals surface area contributed by atoms with Gasteiger partial charge in [-0.1, -0.05) is 18.2 Å². The second-order valence-electron chi connectivity index (χ2n) is 6.33. The van der Waals surface area contributed by atoms with E-state index in [1.807, 2.05) is 4.90 Å². The maximum Gasteiger partial charge on any atom is 0.416 e. The Morgan fingerprint density at radius 3 is 2.57 bits per heavy atom. The van der Waals surface area contributed by atoms with Gasteiger partial charge in [0.15, 0.2) is 0 Å². The van der Waals surface area contributed by atoms with Crippen molar-refractivity contribution in [1.82, 2.24) is 0 Å². The van der Waals surface area contributed by atoms with Gasteiger partial charge in [-0.2, -0.15) is 13.2 Å². The number of carbonyl (C=O) groups is 1. The summed E-state index contributed by atoms with van der Waals surface area (Å²) in [5, 5.41) is 2.97. The van der Waals surface area contributed by atoms with Crippen molar-refractivity contribution >= 4 is 17.3 Å². The van der Waals surface area contributed by atoms with Gasteiger partial charge >= 0.3 is 12.1 Å². The lowest BCUT2D eigenvalue weighted by Crippen LogP contribution is -2.37. The molecule has 2 aromatic rings. The molecule has 3 rings (SSSR count). The van der Waals surface area contributed by atoms with Crippen LogP contribution >= 0.6 is 0 Å². The highest BCUT2D eigenvalue weighted by Gasteiger charge is 2.32. The van der Waals surface area contributed by atoms with Crippen molar-refractivity contribution < 1.29 is 27.4 Å². The molecule has 0 amide bonds. The lowest BCUT2D eigenvalue weighted by atomic mass is 10.1. The molecule has 0 aliphatic carbocycles. The largest absolute Gasteiger partial charge is 0.465 e. The van der Waals surface area contributed by atoms with Crippen LogP contribution in [0.15, 0.2) is 42.5 Å². The van der Waals surface area contributed by atoms with E-state index in [9.17, 15) is 18.0 Å². The quantitative estimate of drug-likeness (QED) is 0.779. The monoisotopic (exact) mass is 394 g/mol. The third-order valence-corrected chi connectivity index (χ3v) is 4.56. The number of esters is 1. The molecule has 8 heteroatoms.